The summed E-state index contributed by atoms with van der Waals surface area (Å²) < 4.78 is 97.0. The Morgan fingerprint density at radius 1 is 0.351 bits per heavy atom. The van der Waals surface area contributed by atoms with Crippen LogP contribution in [0.25, 0.3) is 55.0 Å². The van der Waals surface area contributed by atoms with E-state index in [1.54, 1.807) is 0 Å². The molecule has 0 spiro atoms. The third kappa shape index (κ3) is 5.39. The van der Waals surface area contributed by atoms with E-state index in [4.69, 9.17) is 0 Å². The molecule has 0 radical (unpaired) electrons. The highest BCUT2D eigenvalue weighted by Gasteiger charge is 2.72. The molecule has 8 heteroatoms. The van der Waals surface area contributed by atoms with Crippen molar-refractivity contribution in [3.8, 4) is 11.4 Å². The van der Waals surface area contributed by atoms with Gasteiger partial charge in [-0.2, -0.15) is 26.3 Å². The number of fused-ring (bicyclic) bond motifs is 6. The molecule has 8 aromatic rings. The van der Waals surface area contributed by atoms with Crippen molar-refractivity contribution in [1.82, 2.24) is 9.13 Å². The summed E-state index contributed by atoms with van der Waals surface area (Å²) in [6, 6.07) is 21.8. The quantitative estimate of drug-likeness (QED) is 0.158. The predicted molar refractivity (Wildman–Crippen MR) is 222 cm³/mol. The number of benzene rings is 6. The summed E-state index contributed by atoms with van der Waals surface area (Å²) in [5.41, 5.74) is 8.90. The van der Waals surface area contributed by atoms with Gasteiger partial charge in [0, 0.05) is 32.9 Å². The lowest BCUT2D eigenvalue weighted by Gasteiger charge is -2.38. The van der Waals surface area contributed by atoms with Crippen molar-refractivity contribution < 1.29 is 26.3 Å². The Bertz CT molecular complexity index is 2750. The van der Waals surface area contributed by atoms with Crippen molar-refractivity contribution in [2.45, 2.75) is 87.0 Å². The maximum atomic E-state index is 15.5. The third-order valence-electron chi connectivity index (χ3n) is 13.0. The number of alkyl halides is 6. The number of hydrogen-bond acceptors (Lipinski definition) is 0. The first-order valence-electron chi connectivity index (χ1n) is 19.1. The second kappa shape index (κ2) is 12.8. The molecule has 2 aromatic heterocycles. The van der Waals surface area contributed by atoms with Gasteiger partial charge in [-0.3, -0.25) is 0 Å². The van der Waals surface area contributed by atoms with Crippen LogP contribution in [0.5, 0.6) is 0 Å². The molecule has 57 heavy (non-hydrogen) atoms. The van der Waals surface area contributed by atoms with Gasteiger partial charge in [-0.15, -0.1) is 0 Å². The first-order chi connectivity index (χ1) is 26.7. The predicted octanol–water partition coefficient (Wildman–Crippen LogP) is 14.4. The van der Waals surface area contributed by atoms with Gasteiger partial charge < -0.3 is 9.13 Å². The SMILES string of the molecule is Cc1cc2c3c(C)c(C)c(C)cc3n(-c3ccc(C(c4ccc(-n5c6cc(C)c(C)cc6c6c(C)c(C)c(C)cc65)cc4)(C(F)(F)F)C(F)(F)F)cc3)c2cc1C. The molecule has 0 N–H and O–H groups in total. The summed E-state index contributed by atoms with van der Waals surface area (Å²) >= 11 is 0. The van der Waals surface area contributed by atoms with E-state index in [1.165, 1.54) is 24.3 Å². The lowest BCUT2D eigenvalue weighted by Crippen LogP contribution is -2.54. The van der Waals surface area contributed by atoms with E-state index in [0.29, 0.717) is 11.4 Å². The highest BCUT2D eigenvalue weighted by atomic mass is 19.4. The molecule has 0 aliphatic carbocycles. The van der Waals surface area contributed by atoms with E-state index in [-0.39, 0.29) is 0 Å². The minimum atomic E-state index is -5.73. The van der Waals surface area contributed by atoms with Gasteiger partial charge in [-0.25, -0.2) is 0 Å². The van der Waals surface area contributed by atoms with Gasteiger partial charge in [0.2, 0.25) is 5.41 Å². The van der Waals surface area contributed by atoms with Crippen LogP contribution in [-0.4, -0.2) is 21.5 Å². The van der Waals surface area contributed by atoms with Gasteiger partial charge in [0.15, 0.2) is 0 Å². The van der Waals surface area contributed by atoms with Crippen LogP contribution in [0.2, 0.25) is 0 Å². The van der Waals surface area contributed by atoms with E-state index in [0.717, 1.165) is 124 Å². The van der Waals surface area contributed by atoms with Crippen molar-refractivity contribution in [1.29, 1.82) is 0 Å². The molecular formula is C49H44F6N2. The number of aromatic nitrogens is 2. The molecule has 0 fully saturated rings. The van der Waals surface area contributed by atoms with Crippen molar-refractivity contribution >= 4 is 43.6 Å². The molecule has 292 valence electrons. The molecular weight excluding hydrogens is 731 g/mol. The summed E-state index contributed by atoms with van der Waals surface area (Å²) in [5.74, 6) is 0. The van der Waals surface area contributed by atoms with Gasteiger partial charge in [-0.05, 0) is 197 Å². The summed E-state index contributed by atoms with van der Waals surface area (Å²) in [6.07, 6.45) is -11.5. The van der Waals surface area contributed by atoms with Crippen molar-refractivity contribution in [3.63, 3.8) is 0 Å². The fourth-order valence-corrected chi connectivity index (χ4v) is 9.05. The van der Waals surface area contributed by atoms with E-state index in [1.807, 2.05) is 88.8 Å². The van der Waals surface area contributed by atoms with Crippen LogP contribution in [0.3, 0.4) is 0 Å². The summed E-state index contributed by atoms with van der Waals surface area (Å²) in [5, 5.41) is 3.97. The molecule has 2 heterocycles. The number of rotatable bonds is 4. The van der Waals surface area contributed by atoms with E-state index in [9.17, 15) is 0 Å². The van der Waals surface area contributed by atoms with Crippen LogP contribution in [0.15, 0.2) is 84.9 Å². The summed E-state index contributed by atoms with van der Waals surface area (Å²) in [7, 11) is 0. The largest absolute Gasteiger partial charge is 0.411 e. The van der Waals surface area contributed by atoms with Crippen LogP contribution in [0.4, 0.5) is 26.3 Å². The first-order valence-corrected chi connectivity index (χ1v) is 19.1. The Hall–Kier alpha value is -5.50. The smallest absolute Gasteiger partial charge is 0.309 e. The molecule has 2 nitrogen and oxygen atoms in total. The monoisotopic (exact) mass is 774 g/mol. The van der Waals surface area contributed by atoms with Gasteiger partial charge >= 0.3 is 12.4 Å². The van der Waals surface area contributed by atoms with Gasteiger partial charge in [0.05, 0.1) is 22.1 Å². The van der Waals surface area contributed by atoms with E-state index in [2.05, 4.69) is 26.0 Å². The van der Waals surface area contributed by atoms with Crippen LogP contribution in [0, 0.1) is 69.2 Å². The van der Waals surface area contributed by atoms with Gasteiger partial charge in [0.1, 0.15) is 0 Å². The fraction of sp³-hybridized carbons (Fsp3) is 0.265. The topological polar surface area (TPSA) is 9.86 Å². The Morgan fingerprint density at radius 2 is 0.649 bits per heavy atom. The lowest BCUT2D eigenvalue weighted by atomic mass is 9.73. The zero-order chi connectivity index (χ0) is 41.3. The summed E-state index contributed by atoms with van der Waals surface area (Å²) in [4.78, 5) is 0. The van der Waals surface area contributed by atoms with Crippen molar-refractivity contribution in [2.24, 2.45) is 0 Å². The molecule has 0 atom stereocenters. The minimum Gasteiger partial charge on any atom is -0.309 e. The highest BCUT2D eigenvalue weighted by Crippen LogP contribution is 2.56. The number of hydrogen-bond donors (Lipinski definition) is 0. The molecule has 0 saturated heterocycles. The second-order valence-corrected chi connectivity index (χ2v) is 16.1. The van der Waals surface area contributed by atoms with Crippen LogP contribution >= 0.6 is 0 Å². The third-order valence-corrected chi connectivity index (χ3v) is 13.0. The van der Waals surface area contributed by atoms with Crippen LogP contribution < -0.4 is 0 Å². The molecule has 8 rings (SSSR count). The number of nitrogens with zero attached hydrogens (tertiary/aromatic N) is 2. The Balaban J connectivity index is 1.33. The van der Waals surface area contributed by atoms with Crippen LogP contribution in [-0.2, 0) is 5.41 Å². The second-order valence-electron chi connectivity index (χ2n) is 16.1. The maximum Gasteiger partial charge on any atom is 0.411 e. The average Bonchev–Trinajstić information content (AvgIpc) is 3.60. The average molecular weight is 775 g/mol. The Kier molecular flexibility index (Phi) is 8.59. The van der Waals surface area contributed by atoms with Crippen LogP contribution in [0.1, 0.15) is 66.8 Å². The Labute approximate surface area is 328 Å². The number of aryl methyl sites for hydroxylation is 8. The standard InChI is InChI=1S/C49H44F6N2/c1-25-19-39-41(21-27(25)3)56(43-23-29(5)31(7)33(9)45(39)43)37-15-11-35(12-16-37)47(48(50,51)52,49(53,54)55)36-13-17-38(18-14-36)57-42-22-28(4)26(2)20-40(42)46-34(10)32(8)30(6)24-44(46)57/h11-24H,1-10H3. The van der Waals surface area contributed by atoms with E-state index >= 15 is 26.3 Å². The molecule has 0 aliphatic rings. The fourth-order valence-electron chi connectivity index (χ4n) is 9.05. The molecule has 0 amide bonds. The molecule has 0 saturated carbocycles. The molecule has 0 aliphatic heterocycles. The summed E-state index contributed by atoms with van der Waals surface area (Å²) in [6.45, 7) is 20.2. The van der Waals surface area contributed by atoms with Crippen molar-refractivity contribution in [2.75, 3.05) is 0 Å². The van der Waals surface area contributed by atoms with Gasteiger partial charge in [-0.1, -0.05) is 24.3 Å². The zero-order valence-electron chi connectivity index (χ0n) is 33.7. The molecule has 6 aromatic carbocycles. The zero-order valence-corrected chi connectivity index (χ0v) is 33.7. The van der Waals surface area contributed by atoms with E-state index < -0.39 is 28.9 Å². The lowest BCUT2D eigenvalue weighted by molar-refractivity contribution is -0.288. The maximum absolute atomic E-state index is 15.5. The van der Waals surface area contributed by atoms with Crippen molar-refractivity contribution in [3.05, 3.63) is 152 Å². The molecule has 0 unspecified atom stereocenters. The molecule has 0 bridgehead atoms. The van der Waals surface area contributed by atoms with Gasteiger partial charge in [0.25, 0.3) is 0 Å². The normalized spacial score (nSPS) is 12.9. The highest BCUT2D eigenvalue weighted by molar-refractivity contribution is 6.13. The minimum absolute atomic E-state index is 0.468. The Morgan fingerprint density at radius 3 is 0.965 bits per heavy atom. The number of halogens is 6. The first kappa shape index (κ1) is 38.4.